The van der Waals surface area contributed by atoms with E-state index in [4.69, 9.17) is 11.6 Å². The van der Waals surface area contributed by atoms with Crippen LogP contribution in [0.15, 0.2) is 47.1 Å². The molecule has 1 aromatic carbocycles. The predicted molar refractivity (Wildman–Crippen MR) is 96.4 cm³/mol. The highest BCUT2D eigenvalue weighted by Crippen LogP contribution is 2.16. The van der Waals surface area contributed by atoms with Gasteiger partial charge < -0.3 is 10.6 Å². The number of amidine groups is 1. The lowest BCUT2D eigenvalue weighted by Gasteiger charge is -2.13. The van der Waals surface area contributed by atoms with Crippen molar-refractivity contribution in [3.8, 4) is 0 Å². The van der Waals surface area contributed by atoms with Crippen molar-refractivity contribution in [2.24, 2.45) is 4.99 Å². The molecule has 1 aromatic heterocycles. The number of nitrogens with one attached hydrogen (secondary N) is 2. The Bertz CT molecular complexity index is 731. The van der Waals surface area contributed by atoms with Gasteiger partial charge in [-0.1, -0.05) is 41.6 Å². The van der Waals surface area contributed by atoms with Crippen LogP contribution in [0, 0.1) is 0 Å². The van der Waals surface area contributed by atoms with E-state index in [2.05, 4.69) is 32.5 Å². The van der Waals surface area contributed by atoms with E-state index in [1.54, 1.807) is 4.68 Å². The lowest BCUT2D eigenvalue weighted by molar-refractivity contribution is 0.703. The van der Waals surface area contributed by atoms with E-state index >= 15 is 0 Å². The first kappa shape index (κ1) is 17.2. The Balaban J connectivity index is 2.33. The number of halogens is 1. The van der Waals surface area contributed by atoms with E-state index in [1.807, 2.05) is 44.3 Å². The lowest BCUT2D eigenvalue weighted by Crippen LogP contribution is -2.29. The van der Waals surface area contributed by atoms with Gasteiger partial charge in [0.05, 0.1) is 5.52 Å². The summed E-state index contributed by atoms with van der Waals surface area (Å²) >= 11 is 5.89. The van der Waals surface area contributed by atoms with Gasteiger partial charge in [0.25, 0.3) is 0 Å². The molecule has 0 radical (unpaired) electrons. The van der Waals surface area contributed by atoms with Crippen LogP contribution in [-0.2, 0) is 0 Å². The number of allylic oxidation sites excluding steroid dienone is 1. The highest BCUT2D eigenvalue weighted by atomic mass is 35.5. The number of para-hydroxylation sites is 1. The average Bonchev–Trinajstić information content (AvgIpc) is 2.96. The number of nitrogens with zero attached hydrogens (tertiary/aromatic N) is 4. The highest BCUT2D eigenvalue weighted by Gasteiger charge is 2.13. The van der Waals surface area contributed by atoms with Gasteiger partial charge in [-0.15, -0.1) is 5.10 Å². The molecule has 122 valence electrons. The molecule has 0 fully saturated rings. The van der Waals surface area contributed by atoms with Crippen molar-refractivity contribution in [3.63, 3.8) is 0 Å². The Morgan fingerprint density at radius 2 is 2.17 bits per heavy atom. The average molecular weight is 333 g/mol. The van der Waals surface area contributed by atoms with Crippen LogP contribution in [0.3, 0.4) is 0 Å². The van der Waals surface area contributed by atoms with Crippen molar-refractivity contribution >= 4 is 34.2 Å². The third-order valence-corrected chi connectivity index (χ3v) is 3.31. The number of hydrogen-bond donors (Lipinski definition) is 2. The minimum atomic E-state index is 0.213. The van der Waals surface area contributed by atoms with Crippen molar-refractivity contribution in [2.75, 3.05) is 20.1 Å². The minimum Gasteiger partial charge on any atom is -0.368 e. The van der Waals surface area contributed by atoms with Crippen molar-refractivity contribution in [1.29, 1.82) is 0 Å². The molecular formula is C16H21ClN6. The maximum atomic E-state index is 5.89. The maximum Gasteiger partial charge on any atom is 0.153 e. The van der Waals surface area contributed by atoms with E-state index in [-0.39, 0.29) is 5.16 Å². The Kier molecular flexibility index (Phi) is 6.31. The quantitative estimate of drug-likeness (QED) is 0.354. The van der Waals surface area contributed by atoms with Gasteiger partial charge in [0.2, 0.25) is 0 Å². The van der Waals surface area contributed by atoms with Crippen LogP contribution in [0.4, 0.5) is 0 Å². The van der Waals surface area contributed by atoms with Crippen LogP contribution in [0.5, 0.6) is 0 Å². The normalized spacial score (nSPS) is 12.7. The van der Waals surface area contributed by atoms with Crippen molar-refractivity contribution < 1.29 is 0 Å². The van der Waals surface area contributed by atoms with Gasteiger partial charge in [0, 0.05) is 6.54 Å². The predicted octanol–water partition coefficient (Wildman–Crippen LogP) is 2.60. The molecular weight excluding hydrogens is 312 g/mol. The second-order valence-corrected chi connectivity index (χ2v) is 5.32. The van der Waals surface area contributed by atoms with Crippen LogP contribution in [0.1, 0.15) is 13.3 Å². The maximum absolute atomic E-state index is 5.89. The van der Waals surface area contributed by atoms with Gasteiger partial charge in [0.1, 0.15) is 16.4 Å². The zero-order valence-corrected chi connectivity index (χ0v) is 14.1. The molecule has 2 rings (SSSR count). The van der Waals surface area contributed by atoms with Gasteiger partial charge in [-0.2, -0.15) is 0 Å². The Morgan fingerprint density at radius 3 is 2.87 bits per heavy atom. The van der Waals surface area contributed by atoms with Gasteiger partial charge >= 0.3 is 0 Å². The summed E-state index contributed by atoms with van der Waals surface area (Å²) in [7, 11) is 1.93. The van der Waals surface area contributed by atoms with Crippen molar-refractivity contribution in [2.45, 2.75) is 13.3 Å². The number of benzene rings is 1. The second kappa shape index (κ2) is 8.45. The molecule has 1 heterocycles. The molecule has 2 aromatic rings. The van der Waals surface area contributed by atoms with Crippen molar-refractivity contribution in [1.82, 2.24) is 25.6 Å². The monoisotopic (exact) mass is 332 g/mol. The summed E-state index contributed by atoms with van der Waals surface area (Å²) in [4.78, 5) is 4.31. The van der Waals surface area contributed by atoms with Crippen molar-refractivity contribution in [3.05, 3.63) is 42.1 Å². The number of rotatable bonds is 7. The summed E-state index contributed by atoms with van der Waals surface area (Å²) in [5.41, 5.74) is 2.52. The molecule has 0 amide bonds. The fourth-order valence-corrected chi connectivity index (χ4v) is 2.27. The van der Waals surface area contributed by atoms with Crippen LogP contribution < -0.4 is 10.6 Å². The molecule has 0 spiro atoms. The smallest absolute Gasteiger partial charge is 0.153 e. The van der Waals surface area contributed by atoms with E-state index in [9.17, 15) is 0 Å². The molecule has 0 atom stereocenters. The number of aliphatic imine (C=N–C) groups is 1. The zero-order valence-electron chi connectivity index (χ0n) is 13.4. The summed E-state index contributed by atoms with van der Waals surface area (Å²) in [6.07, 6.45) is 2.88. The summed E-state index contributed by atoms with van der Waals surface area (Å²) in [6, 6.07) is 7.77. The molecule has 23 heavy (non-hydrogen) atoms. The third kappa shape index (κ3) is 4.40. The molecule has 0 saturated heterocycles. The molecule has 6 nitrogen and oxygen atoms in total. The molecule has 0 unspecified atom stereocenters. The van der Waals surface area contributed by atoms with E-state index in [1.165, 1.54) is 0 Å². The number of aromatic nitrogens is 3. The Labute approximate surface area is 140 Å². The molecule has 0 aliphatic rings. The fourth-order valence-electron chi connectivity index (χ4n) is 2.19. The molecule has 0 aliphatic carbocycles. The van der Waals surface area contributed by atoms with Crippen LogP contribution in [0.25, 0.3) is 16.7 Å². The fraction of sp³-hybridized carbons (Fsp3) is 0.312. The van der Waals surface area contributed by atoms with Crippen LogP contribution in [0.2, 0.25) is 0 Å². The van der Waals surface area contributed by atoms with Gasteiger partial charge in [-0.05, 0) is 39.1 Å². The zero-order chi connectivity index (χ0) is 16.7. The molecule has 0 aliphatic heterocycles. The first-order valence-electron chi connectivity index (χ1n) is 7.46. The van der Waals surface area contributed by atoms with E-state index in [0.29, 0.717) is 5.84 Å². The minimum absolute atomic E-state index is 0.213. The number of fused-ring (bicyclic) bond motifs is 1. The summed E-state index contributed by atoms with van der Waals surface area (Å²) in [6.45, 7) is 7.25. The molecule has 2 N–H and O–H groups in total. The standard InChI is InChI=1S/C16H21ClN6/c1-4-14(16(20-12(2)17)19-11-7-10-18-3)23-15-9-6-5-8-13(15)21-22-23/h4-6,8-9,18H,2,7,10-11H2,1,3H3,(H,19,20)/b14-4+. The molecule has 0 bridgehead atoms. The topological polar surface area (TPSA) is 67.1 Å². The first-order chi connectivity index (χ1) is 11.2. The largest absolute Gasteiger partial charge is 0.368 e. The summed E-state index contributed by atoms with van der Waals surface area (Å²) in [5, 5.41) is 15.0. The van der Waals surface area contributed by atoms with Gasteiger partial charge in [-0.25, -0.2) is 9.67 Å². The SMILES string of the molecule is C=C(Cl)/N=C(NCCCNC)\C(=C/C)n1nnc2ccccc21. The summed E-state index contributed by atoms with van der Waals surface area (Å²) in [5.74, 6) is 0.624. The third-order valence-electron chi connectivity index (χ3n) is 3.23. The number of hydrogen-bond acceptors (Lipinski definition) is 4. The van der Waals surface area contributed by atoms with Crippen LogP contribution >= 0.6 is 11.6 Å². The lowest BCUT2D eigenvalue weighted by atomic mass is 10.3. The van der Waals surface area contributed by atoms with Crippen LogP contribution in [-0.4, -0.2) is 41.0 Å². The van der Waals surface area contributed by atoms with E-state index in [0.717, 1.165) is 36.2 Å². The first-order valence-corrected chi connectivity index (χ1v) is 7.84. The summed E-state index contributed by atoms with van der Waals surface area (Å²) < 4.78 is 1.75. The highest BCUT2D eigenvalue weighted by molar-refractivity contribution is 6.31. The van der Waals surface area contributed by atoms with Gasteiger partial charge in [-0.3, -0.25) is 0 Å². The Morgan fingerprint density at radius 1 is 1.39 bits per heavy atom. The Hall–Kier alpha value is -2.18. The van der Waals surface area contributed by atoms with Gasteiger partial charge in [0.15, 0.2) is 5.84 Å². The second-order valence-electron chi connectivity index (χ2n) is 4.88. The molecule has 0 saturated carbocycles. The molecule has 7 heteroatoms. The van der Waals surface area contributed by atoms with E-state index < -0.39 is 0 Å².